The van der Waals surface area contributed by atoms with Gasteiger partial charge in [0.15, 0.2) is 0 Å². The van der Waals surface area contributed by atoms with Crippen molar-refractivity contribution < 1.29 is 0 Å². The van der Waals surface area contributed by atoms with Gasteiger partial charge in [0.25, 0.3) is 0 Å². The van der Waals surface area contributed by atoms with Gasteiger partial charge in [-0.2, -0.15) is 0 Å². The van der Waals surface area contributed by atoms with Gasteiger partial charge >= 0.3 is 0 Å². The Morgan fingerprint density at radius 2 is 1.25 bits per heavy atom. The third kappa shape index (κ3) is 3.01. The molecule has 104 valence electrons. The van der Waals surface area contributed by atoms with Gasteiger partial charge in [-0.25, -0.2) is 0 Å². The van der Waals surface area contributed by atoms with Gasteiger partial charge in [-0.05, 0) is 54.3 Å². The first-order valence-electron chi connectivity index (χ1n) is 6.95. The van der Waals surface area contributed by atoms with Crippen LogP contribution in [0.25, 0.3) is 0 Å². The van der Waals surface area contributed by atoms with Gasteiger partial charge < -0.3 is 5.32 Å². The van der Waals surface area contributed by atoms with Crippen LogP contribution < -0.4 is 5.32 Å². The second-order valence-corrected chi connectivity index (χ2v) is 6.18. The molecule has 0 radical (unpaired) electrons. The van der Waals surface area contributed by atoms with Crippen LogP contribution in [0.2, 0.25) is 10.0 Å². The molecule has 1 N–H and O–H groups in total. The molecule has 0 bridgehead atoms. The van der Waals surface area contributed by atoms with Crippen molar-refractivity contribution in [1.29, 1.82) is 0 Å². The Labute approximate surface area is 129 Å². The van der Waals surface area contributed by atoms with E-state index in [9.17, 15) is 0 Å². The summed E-state index contributed by atoms with van der Waals surface area (Å²) in [5.41, 5.74) is 2.72. The smallest absolute Gasteiger partial charge is 0.0406 e. The Kier molecular flexibility index (Phi) is 4.30. The maximum Gasteiger partial charge on any atom is 0.0406 e. The monoisotopic (exact) mass is 305 g/mol. The summed E-state index contributed by atoms with van der Waals surface area (Å²) in [7, 11) is 0. The largest absolute Gasteiger partial charge is 0.316 e. The van der Waals surface area contributed by atoms with E-state index in [-0.39, 0.29) is 0 Å². The zero-order chi connectivity index (χ0) is 13.9. The number of benzene rings is 2. The standard InChI is InChI=1S/C17H17Cl2N/c18-14-5-1-12(2-6-14)16-9-10-20-11-17(16)13-3-7-15(19)8-4-13/h1-8,16-17,20H,9-11H2. The molecule has 1 aliphatic rings. The molecule has 2 atom stereocenters. The van der Waals surface area contributed by atoms with Crippen LogP contribution in [0.1, 0.15) is 29.4 Å². The van der Waals surface area contributed by atoms with Gasteiger partial charge in [-0.3, -0.25) is 0 Å². The lowest BCUT2D eigenvalue weighted by Crippen LogP contribution is -2.34. The van der Waals surface area contributed by atoms with E-state index >= 15 is 0 Å². The van der Waals surface area contributed by atoms with Crippen molar-refractivity contribution in [3.05, 3.63) is 69.7 Å². The van der Waals surface area contributed by atoms with E-state index in [0.717, 1.165) is 29.6 Å². The summed E-state index contributed by atoms with van der Waals surface area (Å²) in [5, 5.41) is 5.09. The number of piperidine rings is 1. The highest BCUT2D eigenvalue weighted by Crippen LogP contribution is 2.37. The van der Waals surface area contributed by atoms with Crippen molar-refractivity contribution in [2.45, 2.75) is 18.3 Å². The highest BCUT2D eigenvalue weighted by Gasteiger charge is 2.27. The predicted molar refractivity (Wildman–Crippen MR) is 85.9 cm³/mol. The maximum absolute atomic E-state index is 5.99. The topological polar surface area (TPSA) is 12.0 Å². The average Bonchev–Trinajstić information content (AvgIpc) is 2.49. The molecule has 1 nitrogen and oxygen atoms in total. The van der Waals surface area contributed by atoms with Crippen LogP contribution in [0.15, 0.2) is 48.5 Å². The van der Waals surface area contributed by atoms with Gasteiger partial charge in [0.05, 0.1) is 0 Å². The number of nitrogens with one attached hydrogen (secondary N) is 1. The summed E-state index contributed by atoms with van der Waals surface area (Å²) in [6.45, 7) is 2.08. The predicted octanol–water partition coefficient (Wildman–Crippen LogP) is 4.85. The molecule has 0 spiro atoms. The molecule has 2 aromatic rings. The van der Waals surface area contributed by atoms with E-state index in [1.54, 1.807) is 0 Å². The fourth-order valence-electron chi connectivity index (χ4n) is 3.03. The van der Waals surface area contributed by atoms with Gasteiger partial charge in [0.1, 0.15) is 0 Å². The normalized spacial score (nSPS) is 22.7. The Hall–Kier alpha value is -1.02. The second-order valence-electron chi connectivity index (χ2n) is 5.31. The molecule has 2 aromatic carbocycles. The van der Waals surface area contributed by atoms with E-state index in [4.69, 9.17) is 23.2 Å². The van der Waals surface area contributed by atoms with Crippen LogP contribution >= 0.6 is 23.2 Å². The van der Waals surface area contributed by atoms with Crippen molar-refractivity contribution >= 4 is 23.2 Å². The average molecular weight is 306 g/mol. The molecule has 1 aliphatic heterocycles. The molecule has 0 aliphatic carbocycles. The minimum absolute atomic E-state index is 0.488. The molecular weight excluding hydrogens is 289 g/mol. The molecule has 2 unspecified atom stereocenters. The summed E-state index contributed by atoms with van der Waals surface area (Å²) in [6, 6.07) is 16.5. The molecule has 1 heterocycles. The quantitative estimate of drug-likeness (QED) is 0.836. The number of hydrogen-bond acceptors (Lipinski definition) is 1. The lowest BCUT2D eigenvalue weighted by atomic mass is 9.77. The first kappa shape index (κ1) is 13.9. The highest BCUT2D eigenvalue weighted by atomic mass is 35.5. The maximum atomic E-state index is 5.99. The van der Waals surface area contributed by atoms with Crippen LogP contribution in [0, 0.1) is 0 Å². The third-order valence-corrected chi connectivity index (χ3v) is 4.58. The van der Waals surface area contributed by atoms with Gasteiger partial charge in [-0.1, -0.05) is 47.5 Å². The molecular formula is C17H17Cl2N. The summed E-state index contributed by atoms with van der Waals surface area (Å²) in [5.74, 6) is 1.02. The lowest BCUT2D eigenvalue weighted by Gasteiger charge is -2.33. The van der Waals surface area contributed by atoms with E-state index < -0.39 is 0 Å². The summed E-state index contributed by atoms with van der Waals surface area (Å²) < 4.78 is 0. The highest BCUT2D eigenvalue weighted by molar-refractivity contribution is 6.30. The van der Waals surface area contributed by atoms with Crippen LogP contribution in [-0.4, -0.2) is 13.1 Å². The fraction of sp³-hybridized carbons (Fsp3) is 0.294. The van der Waals surface area contributed by atoms with Crippen LogP contribution in [0.5, 0.6) is 0 Å². The van der Waals surface area contributed by atoms with Gasteiger partial charge in [0.2, 0.25) is 0 Å². The molecule has 0 saturated carbocycles. The van der Waals surface area contributed by atoms with E-state index in [0.29, 0.717) is 11.8 Å². The third-order valence-electron chi connectivity index (χ3n) is 4.08. The van der Waals surface area contributed by atoms with E-state index in [2.05, 4.69) is 29.6 Å². The van der Waals surface area contributed by atoms with Crippen molar-refractivity contribution in [3.63, 3.8) is 0 Å². The lowest BCUT2D eigenvalue weighted by molar-refractivity contribution is 0.404. The zero-order valence-corrected chi connectivity index (χ0v) is 12.7. The van der Waals surface area contributed by atoms with Crippen LogP contribution in [0.3, 0.4) is 0 Å². The Bertz CT molecular complexity index is 509. The van der Waals surface area contributed by atoms with Crippen molar-refractivity contribution in [2.75, 3.05) is 13.1 Å². The van der Waals surface area contributed by atoms with Gasteiger partial charge in [-0.15, -0.1) is 0 Å². The summed E-state index contributed by atoms with van der Waals surface area (Å²) in [4.78, 5) is 0. The second kappa shape index (κ2) is 6.17. The van der Waals surface area contributed by atoms with E-state index in [1.165, 1.54) is 11.1 Å². The first-order valence-corrected chi connectivity index (χ1v) is 7.71. The number of halogens is 2. The van der Waals surface area contributed by atoms with Crippen molar-refractivity contribution in [3.8, 4) is 0 Å². The zero-order valence-electron chi connectivity index (χ0n) is 11.2. The molecule has 1 fully saturated rings. The van der Waals surface area contributed by atoms with Crippen LogP contribution in [-0.2, 0) is 0 Å². The first-order chi connectivity index (χ1) is 9.74. The molecule has 3 rings (SSSR count). The molecule has 1 saturated heterocycles. The summed E-state index contributed by atoms with van der Waals surface area (Å²) >= 11 is 12.0. The van der Waals surface area contributed by atoms with Gasteiger partial charge in [0, 0.05) is 22.5 Å². The van der Waals surface area contributed by atoms with Crippen LogP contribution in [0.4, 0.5) is 0 Å². The molecule has 20 heavy (non-hydrogen) atoms. The minimum Gasteiger partial charge on any atom is -0.316 e. The fourth-order valence-corrected chi connectivity index (χ4v) is 3.28. The molecule has 0 aromatic heterocycles. The molecule has 3 heteroatoms. The van der Waals surface area contributed by atoms with E-state index in [1.807, 2.05) is 24.3 Å². The SMILES string of the molecule is Clc1ccc(C2CCNCC2c2ccc(Cl)cc2)cc1. The minimum atomic E-state index is 0.488. The Balaban J connectivity index is 1.90. The van der Waals surface area contributed by atoms with Crippen molar-refractivity contribution in [2.24, 2.45) is 0 Å². The summed E-state index contributed by atoms with van der Waals surface area (Å²) in [6.07, 6.45) is 1.15. The number of rotatable bonds is 2. The Morgan fingerprint density at radius 3 is 1.80 bits per heavy atom. The van der Waals surface area contributed by atoms with Crippen molar-refractivity contribution in [1.82, 2.24) is 5.32 Å². The number of hydrogen-bond donors (Lipinski definition) is 1. The molecule has 0 amide bonds. The Morgan fingerprint density at radius 1 is 0.750 bits per heavy atom.